The van der Waals surface area contributed by atoms with E-state index in [1.165, 1.54) is 6.42 Å². The van der Waals surface area contributed by atoms with Gasteiger partial charge >= 0.3 is 0 Å². The van der Waals surface area contributed by atoms with E-state index in [4.69, 9.17) is 4.98 Å². The molecule has 0 saturated carbocycles. The van der Waals surface area contributed by atoms with Gasteiger partial charge in [-0.1, -0.05) is 13.8 Å². The van der Waals surface area contributed by atoms with Crippen LogP contribution >= 0.6 is 0 Å². The van der Waals surface area contributed by atoms with E-state index in [-0.39, 0.29) is 1.43 Å². The summed E-state index contributed by atoms with van der Waals surface area (Å²) < 4.78 is 0. The van der Waals surface area contributed by atoms with Crippen LogP contribution < -0.4 is 10.2 Å². The highest BCUT2D eigenvalue weighted by molar-refractivity contribution is 5.36. The van der Waals surface area contributed by atoms with E-state index >= 15 is 0 Å². The number of nitrogens with one attached hydrogen (secondary N) is 1. The summed E-state index contributed by atoms with van der Waals surface area (Å²) >= 11 is 0. The number of rotatable bonds is 2. The van der Waals surface area contributed by atoms with Crippen LogP contribution in [0.25, 0.3) is 0 Å². The lowest BCUT2D eigenvalue weighted by Gasteiger charge is -2.23. The van der Waals surface area contributed by atoms with E-state index in [1.54, 1.807) is 0 Å². The van der Waals surface area contributed by atoms with E-state index in [1.807, 2.05) is 12.3 Å². The van der Waals surface area contributed by atoms with Crippen molar-refractivity contribution >= 4 is 5.95 Å². The largest absolute Gasteiger partial charge is 0.336 e. The van der Waals surface area contributed by atoms with Crippen molar-refractivity contribution in [3.63, 3.8) is 0 Å². The molecule has 0 spiro atoms. The van der Waals surface area contributed by atoms with Crippen molar-refractivity contribution in [1.29, 1.82) is 0 Å². The van der Waals surface area contributed by atoms with Crippen LogP contribution in [0.5, 0.6) is 0 Å². The van der Waals surface area contributed by atoms with E-state index < -0.39 is 0 Å². The topological polar surface area (TPSA) is 41.1 Å². The van der Waals surface area contributed by atoms with Crippen LogP contribution in [-0.2, 0) is 0 Å². The van der Waals surface area contributed by atoms with Crippen molar-refractivity contribution in [3.8, 4) is 0 Å². The molecule has 0 bridgehead atoms. The summed E-state index contributed by atoms with van der Waals surface area (Å²) in [6.45, 7) is 7.70. The lowest BCUT2D eigenvalue weighted by atomic mass is 10.1. The lowest BCUT2D eigenvalue weighted by molar-refractivity contribution is 0.575. The van der Waals surface area contributed by atoms with E-state index in [0.717, 1.165) is 37.2 Å². The van der Waals surface area contributed by atoms with Gasteiger partial charge in [-0.3, -0.25) is 0 Å². The van der Waals surface area contributed by atoms with Gasteiger partial charge in [0.15, 0.2) is 0 Å². The van der Waals surface area contributed by atoms with E-state index in [0.29, 0.717) is 12.0 Å². The summed E-state index contributed by atoms with van der Waals surface area (Å²) in [6, 6.07) is 2.63. The first-order chi connectivity index (χ1) is 8.25. The fourth-order valence-electron chi connectivity index (χ4n) is 2.92. The normalized spacial score (nSPS) is 27.8. The molecule has 4 nitrogen and oxygen atoms in total. The fraction of sp³-hybridized carbons (Fsp3) is 0.692. The molecule has 2 aliphatic rings. The molecule has 1 aromatic rings. The molecule has 1 aromatic heterocycles. The number of aromatic nitrogens is 2. The molecular formula is C13H22N4. The van der Waals surface area contributed by atoms with Crippen molar-refractivity contribution in [1.82, 2.24) is 15.3 Å². The zero-order valence-corrected chi connectivity index (χ0v) is 10.6. The molecular weight excluding hydrogens is 212 g/mol. The quantitative estimate of drug-likeness (QED) is 0.844. The van der Waals surface area contributed by atoms with Gasteiger partial charge < -0.3 is 10.2 Å². The molecule has 2 fully saturated rings. The maximum Gasteiger partial charge on any atom is 0.225 e. The number of hydrogen-bond acceptors (Lipinski definition) is 4. The molecule has 17 heavy (non-hydrogen) atoms. The van der Waals surface area contributed by atoms with Gasteiger partial charge in [0.1, 0.15) is 0 Å². The standard InChI is InChI=1S/C13H20N4.H2/c1-9(2)11-3-5-15-13(16-11)17-6-4-10-7-14-8-12(10)17;/h3,5,9-10,12,14H,4,6-8H2,1-2H3;1H/t10-,12+;/m1./s1. The summed E-state index contributed by atoms with van der Waals surface area (Å²) in [7, 11) is 0. The average Bonchev–Trinajstić information content (AvgIpc) is 2.90. The van der Waals surface area contributed by atoms with Crippen LogP contribution in [-0.4, -0.2) is 35.6 Å². The summed E-state index contributed by atoms with van der Waals surface area (Å²) in [5.41, 5.74) is 1.14. The van der Waals surface area contributed by atoms with Gasteiger partial charge in [0.25, 0.3) is 0 Å². The van der Waals surface area contributed by atoms with Crippen molar-refractivity contribution in [2.75, 3.05) is 24.5 Å². The third kappa shape index (κ3) is 1.90. The number of hydrogen-bond donors (Lipinski definition) is 1. The molecule has 3 heterocycles. The highest BCUT2D eigenvalue weighted by Crippen LogP contribution is 2.30. The van der Waals surface area contributed by atoms with Gasteiger partial charge in [-0.2, -0.15) is 0 Å². The van der Waals surface area contributed by atoms with E-state index in [9.17, 15) is 0 Å². The van der Waals surface area contributed by atoms with Crippen LogP contribution in [0.1, 0.15) is 33.3 Å². The minimum Gasteiger partial charge on any atom is -0.336 e. The Labute approximate surface area is 104 Å². The second-order valence-corrected chi connectivity index (χ2v) is 5.40. The van der Waals surface area contributed by atoms with Gasteiger partial charge in [-0.15, -0.1) is 0 Å². The summed E-state index contributed by atoms with van der Waals surface area (Å²) in [5.74, 6) is 2.19. The van der Waals surface area contributed by atoms with Gasteiger partial charge in [-0.25, -0.2) is 9.97 Å². The molecule has 94 valence electrons. The zero-order valence-electron chi connectivity index (χ0n) is 10.6. The van der Waals surface area contributed by atoms with Gasteiger partial charge in [-0.05, 0) is 24.3 Å². The summed E-state index contributed by atoms with van der Waals surface area (Å²) in [6.07, 6.45) is 3.17. The molecule has 0 amide bonds. The van der Waals surface area contributed by atoms with Crippen LogP contribution in [0.3, 0.4) is 0 Å². The van der Waals surface area contributed by atoms with Crippen molar-refractivity contribution in [3.05, 3.63) is 18.0 Å². The van der Waals surface area contributed by atoms with Crippen LogP contribution in [0.4, 0.5) is 5.95 Å². The third-order valence-corrected chi connectivity index (χ3v) is 3.96. The second kappa shape index (κ2) is 4.26. The maximum atomic E-state index is 4.70. The number of anilines is 1. The highest BCUT2D eigenvalue weighted by Gasteiger charge is 2.38. The molecule has 0 aromatic carbocycles. The van der Waals surface area contributed by atoms with Crippen molar-refractivity contribution in [2.45, 2.75) is 32.2 Å². The first kappa shape index (κ1) is 11.0. The molecule has 0 unspecified atom stereocenters. The Balaban J connectivity index is 0.00000120. The number of nitrogens with zero attached hydrogens (tertiary/aromatic N) is 3. The second-order valence-electron chi connectivity index (χ2n) is 5.40. The maximum absolute atomic E-state index is 4.70. The Bertz CT molecular complexity index is 410. The zero-order chi connectivity index (χ0) is 11.8. The minimum atomic E-state index is 0. The SMILES string of the molecule is CC(C)c1ccnc(N2CC[C@@H]3CNC[C@@H]32)n1.[HH]. The van der Waals surface area contributed by atoms with Crippen LogP contribution in [0.15, 0.2) is 12.3 Å². The Kier molecular flexibility index (Phi) is 2.74. The van der Waals surface area contributed by atoms with Crippen molar-refractivity contribution < 1.29 is 1.43 Å². The molecule has 3 rings (SSSR count). The fourth-order valence-corrected chi connectivity index (χ4v) is 2.92. The molecule has 2 saturated heterocycles. The summed E-state index contributed by atoms with van der Waals surface area (Å²) in [5, 5.41) is 3.46. The first-order valence-electron chi connectivity index (χ1n) is 6.56. The van der Waals surface area contributed by atoms with Crippen molar-refractivity contribution in [2.24, 2.45) is 5.92 Å². The molecule has 1 N–H and O–H groups in total. The minimum absolute atomic E-state index is 0. The predicted molar refractivity (Wildman–Crippen MR) is 70.3 cm³/mol. The average molecular weight is 234 g/mol. The smallest absolute Gasteiger partial charge is 0.225 e. The molecule has 4 heteroatoms. The first-order valence-corrected chi connectivity index (χ1v) is 6.56. The Hall–Kier alpha value is -1.16. The molecule has 0 aliphatic carbocycles. The van der Waals surface area contributed by atoms with Crippen LogP contribution in [0.2, 0.25) is 0 Å². The lowest BCUT2D eigenvalue weighted by Crippen LogP contribution is -2.35. The molecule has 2 atom stereocenters. The van der Waals surface area contributed by atoms with Gasteiger partial charge in [0.2, 0.25) is 5.95 Å². The highest BCUT2D eigenvalue weighted by atomic mass is 15.3. The number of fused-ring (bicyclic) bond motifs is 1. The monoisotopic (exact) mass is 234 g/mol. The molecule has 0 radical (unpaired) electrons. The Morgan fingerprint density at radius 1 is 1.47 bits per heavy atom. The predicted octanol–water partition coefficient (Wildman–Crippen LogP) is 1.64. The van der Waals surface area contributed by atoms with Gasteiger partial charge in [0.05, 0.1) is 0 Å². The van der Waals surface area contributed by atoms with E-state index in [2.05, 4.69) is 29.0 Å². The molecule has 2 aliphatic heterocycles. The third-order valence-electron chi connectivity index (χ3n) is 3.96. The summed E-state index contributed by atoms with van der Waals surface area (Å²) in [4.78, 5) is 11.5. The van der Waals surface area contributed by atoms with Crippen LogP contribution in [0, 0.1) is 5.92 Å². The Morgan fingerprint density at radius 3 is 3.18 bits per heavy atom. The van der Waals surface area contributed by atoms with Gasteiger partial charge in [0, 0.05) is 39.0 Å². The Morgan fingerprint density at radius 2 is 2.35 bits per heavy atom.